The highest BCUT2D eigenvalue weighted by atomic mass is 35.5. The van der Waals surface area contributed by atoms with Crippen molar-refractivity contribution in [3.05, 3.63) is 29.3 Å². The van der Waals surface area contributed by atoms with E-state index in [-0.39, 0.29) is 5.78 Å². The van der Waals surface area contributed by atoms with Crippen LogP contribution in [0.3, 0.4) is 0 Å². The maximum absolute atomic E-state index is 10.9. The van der Waals surface area contributed by atoms with Gasteiger partial charge in [0.15, 0.2) is 0 Å². The van der Waals surface area contributed by atoms with Gasteiger partial charge in [-0.2, -0.15) is 0 Å². The van der Waals surface area contributed by atoms with Crippen molar-refractivity contribution in [1.29, 1.82) is 0 Å². The third-order valence-corrected chi connectivity index (χ3v) is 3.09. The molecule has 1 unspecified atom stereocenters. The molecular formula is C11H13ClOS. The van der Waals surface area contributed by atoms with Gasteiger partial charge in [0.1, 0.15) is 5.78 Å². The van der Waals surface area contributed by atoms with E-state index in [1.165, 1.54) is 0 Å². The number of carbonyl (C=O) groups excluding carboxylic acids is 1. The van der Waals surface area contributed by atoms with Crippen LogP contribution in [0.2, 0.25) is 5.02 Å². The van der Waals surface area contributed by atoms with Crippen molar-refractivity contribution in [3.8, 4) is 0 Å². The predicted molar refractivity (Wildman–Crippen MR) is 62.1 cm³/mol. The fourth-order valence-electron chi connectivity index (χ4n) is 1.19. The van der Waals surface area contributed by atoms with Crippen molar-refractivity contribution < 1.29 is 4.79 Å². The number of carbonyl (C=O) groups is 1. The molecule has 1 aromatic rings. The molecule has 0 fully saturated rings. The van der Waals surface area contributed by atoms with Crippen LogP contribution < -0.4 is 0 Å². The Morgan fingerprint density at radius 2 is 2.00 bits per heavy atom. The predicted octanol–water partition coefficient (Wildman–Crippen LogP) is 3.80. The lowest BCUT2D eigenvalue weighted by molar-refractivity contribution is -0.116. The summed E-state index contributed by atoms with van der Waals surface area (Å²) >= 11 is 7.47. The van der Waals surface area contributed by atoms with Gasteiger partial charge in [0.25, 0.3) is 0 Å². The summed E-state index contributed by atoms with van der Waals surface area (Å²) < 4.78 is 0. The van der Waals surface area contributed by atoms with Crippen molar-refractivity contribution in [3.63, 3.8) is 0 Å². The van der Waals surface area contributed by atoms with E-state index in [9.17, 15) is 4.79 Å². The van der Waals surface area contributed by atoms with Crippen LogP contribution in [0.1, 0.15) is 20.3 Å². The highest BCUT2D eigenvalue weighted by molar-refractivity contribution is 8.00. The number of hydrogen-bond donors (Lipinski definition) is 0. The molecular weight excluding hydrogens is 216 g/mol. The number of thioether (sulfide) groups is 1. The van der Waals surface area contributed by atoms with E-state index in [0.717, 1.165) is 9.92 Å². The smallest absolute Gasteiger partial charge is 0.130 e. The second-order valence-corrected chi connectivity index (χ2v) is 5.24. The number of benzene rings is 1. The Hall–Kier alpha value is -0.470. The first kappa shape index (κ1) is 11.6. The van der Waals surface area contributed by atoms with Gasteiger partial charge in [0, 0.05) is 21.6 Å². The van der Waals surface area contributed by atoms with Gasteiger partial charge < -0.3 is 0 Å². The molecule has 0 aliphatic carbocycles. The van der Waals surface area contributed by atoms with Crippen molar-refractivity contribution in [2.75, 3.05) is 0 Å². The molecule has 76 valence electrons. The van der Waals surface area contributed by atoms with E-state index in [2.05, 4.69) is 6.92 Å². The molecule has 0 bridgehead atoms. The fourth-order valence-corrected chi connectivity index (χ4v) is 2.39. The SMILES string of the molecule is CC(=O)CC(C)Sc1ccc(Cl)cc1. The molecule has 0 saturated heterocycles. The summed E-state index contributed by atoms with van der Waals surface area (Å²) in [5.41, 5.74) is 0. The van der Waals surface area contributed by atoms with Crippen molar-refractivity contribution in [2.45, 2.75) is 30.4 Å². The molecule has 0 spiro atoms. The molecule has 0 N–H and O–H groups in total. The van der Waals surface area contributed by atoms with Crippen LogP contribution in [0.25, 0.3) is 0 Å². The zero-order valence-electron chi connectivity index (χ0n) is 8.29. The summed E-state index contributed by atoms with van der Waals surface area (Å²) in [5.74, 6) is 0.235. The monoisotopic (exact) mass is 228 g/mol. The first-order valence-electron chi connectivity index (χ1n) is 4.49. The average Bonchev–Trinajstić information content (AvgIpc) is 2.07. The first-order valence-corrected chi connectivity index (χ1v) is 5.75. The number of halogens is 1. The van der Waals surface area contributed by atoms with Gasteiger partial charge in [-0.1, -0.05) is 18.5 Å². The summed E-state index contributed by atoms with van der Waals surface area (Å²) in [6, 6.07) is 7.68. The largest absolute Gasteiger partial charge is 0.300 e. The van der Waals surface area contributed by atoms with Crippen LogP contribution in [-0.2, 0) is 4.79 Å². The summed E-state index contributed by atoms with van der Waals surface area (Å²) in [5, 5.41) is 1.07. The fraction of sp³-hybridized carbons (Fsp3) is 0.364. The maximum atomic E-state index is 10.9. The third-order valence-electron chi connectivity index (χ3n) is 1.73. The highest BCUT2D eigenvalue weighted by Crippen LogP contribution is 2.26. The van der Waals surface area contributed by atoms with E-state index in [4.69, 9.17) is 11.6 Å². The molecule has 1 aromatic carbocycles. The van der Waals surface area contributed by atoms with Gasteiger partial charge in [0.05, 0.1) is 0 Å². The molecule has 1 atom stereocenters. The Morgan fingerprint density at radius 1 is 1.43 bits per heavy atom. The molecule has 3 heteroatoms. The van der Waals surface area contributed by atoms with E-state index < -0.39 is 0 Å². The maximum Gasteiger partial charge on any atom is 0.130 e. The van der Waals surface area contributed by atoms with Crippen molar-refractivity contribution in [1.82, 2.24) is 0 Å². The first-order chi connectivity index (χ1) is 6.58. The lowest BCUT2D eigenvalue weighted by Crippen LogP contribution is -2.02. The standard InChI is InChI=1S/C11H13ClOS/c1-8(13)7-9(2)14-11-5-3-10(12)4-6-11/h3-6,9H,7H2,1-2H3. The van der Waals surface area contributed by atoms with Crippen LogP contribution >= 0.6 is 23.4 Å². The molecule has 0 saturated carbocycles. The van der Waals surface area contributed by atoms with Crippen molar-refractivity contribution in [2.24, 2.45) is 0 Å². The zero-order valence-corrected chi connectivity index (χ0v) is 9.86. The van der Waals surface area contributed by atoms with E-state index >= 15 is 0 Å². The van der Waals surface area contributed by atoms with E-state index in [0.29, 0.717) is 11.7 Å². The Morgan fingerprint density at radius 3 is 2.50 bits per heavy atom. The van der Waals surface area contributed by atoms with Crippen LogP contribution in [0.5, 0.6) is 0 Å². The molecule has 0 amide bonds. The molecule has 1 nitrogen and oxygen atoms in total. The highest BCUT2D eigenvalue weighted by Gasteiger charge is 2.06. The van der Waals surface area contributed by atoms with Crippen LogP contribution in [-0.4, -0.2) is 11.0 Å². The van der Waals surface area contributed by atoms with Gasteiger partial charge >= 0.3 is 0 Å². The summed E-state index contributed by atoms with van der Waals surface area (Å²) in [7, 11) is 0. The minimum absolute atomic E-state index is 0.235. The number of Topliss-reactive ketones (excluding diaryl/α,β-unsaturated/α-hetero) is 1. The Balaban J connectivity index is 2.51. The Kier molecular flexibility index (Phi) is 4.49. The summed E-state index contributed by atoms with van der Waals surface area (Å²) in [6.45, 7) is 3.68. The number of rotatable bonds is 4. The second-order valence-electron chi connectivity index (χ2n) is 3.29. The quantitative estimate of drug-likeness (QED) is 0.730. The minimum Gasteiger partial charge on any atom is -0.300 e. The molecule has 0 aliphatic rings. The van der Waals surface area contributed by atoms with E-state index in [1.807, 2.05) is 24.3 Å². The Labute approximate surface area is 93.8 Å². The molecule has 14 heavy (non-hydrogen) atoms. The average molecular weight is 229 g/mol. The van der Waals surface area contributed by atoms with Gasteiger partial charge in [0.2, 0.25) is 0 Å². The van der Waals surface area contributed by atoms with Gasteiger partial charge in [-0.3, -0.25) is 4.79 Å². The van der Waals surface area contributed by atoms with Crippen LogP contribution in [0.4, 0.5) is 0 Å². The minimum atomic E-state index is 0.235. The Bertz CT molecular complexity index is 308. The van der Waals surface area contributed by atoms with Crippen LogP contribution in [0.15, 0.2) is 29.2 Å². The normalized spacial score (nSPS) is 12.5. The lowest BCUT2D eigenvalue weighted by atomic mass is 10.2. The zero-order chi connectivity index (χ0) is 10.6. The van der Waals surface area contributed by atoms with Gasteiger partial charge in [-0.15, -0.1) is 11.8 Å². The molecule has 0 aromatic heterocycles. The van der Waals surface area contributed by atoms with Crippen LogP contribution in [0, 0.1) is 0 Å². The summed E-state index contributed by atoms with van der Waals surface area (Å²) in [6.07, 6.45) is 0.618. The summed E-state index contributed by atoms with van der Waals surface area (Å²) in [4.78, 5) is 12.0. The number of hydrogen-bond acceptors (Lipinski definition) is 2. The number of ketones is 1. The molecule has 0 aliphatic heterocycles. The second kappa shape index (κ2) is 5.42. The molecule has 1 rings (SSSR count). The van der Waals surface area contributed by atoms with Gasteiger partial charge in [-0.25, -0.2) is 0 Å². The topological polar surface area (TPSA) is 17.1 Å². The van der Waals surface area contributed by atoms with Gasteiger partial charge in [-0.05, 0) is 31.2 Å². The molecule has 0 heterocycles. The third kappa shape index (κ3) is 4.16. The van der Waals surface area contributed by atoms with E-state index in [1.54, 1.807) is 18.7 Å². The molecule has 0 radical (unpaired) electrons. The van der Waals surface area contributed by atoms with Crippen molar-refractivity contribution >= 4 is 29.1 Å². The lowest BCUT2D eigenvalue weighted by Gasteiger charge is -2.08.